The number of carbonyl (C=O) groups excluding carboxylic acids is 1. The highest BCUT2D eigenvalue weighted by Crippen LogP contribution is 2.27. The van der Waals surface area contributed by atoms with Crippen LogP contribution in [0.2, 0.25) is 0 Å². The third-order valence-electron chi connectivity index (χ3n) is 2.55. The Morgan fingerprint density at radius 3 is 3.29 bits per heavy atom. The van der Waals surface area contributed by atoms with Crippen molar-refractivity contribution in [3.8, 4) is 5.75 Å². The molecule has 0 spiro atoms. The van der Waals surface area contributed by atoms with Gasteiger partial charge in [0, 0.05) is 18.7 Å². The minimum Gasteiger partial charge on any atom is -0.490 e. The number of rotatable bonds is 5. The van der Waals surface area contributed by atoms with Crippen LogP contribution < -0.4 is 15.4 Å². The molecule has 0 saturated carbocycles. The monoisotopic (exact) mass is 232 g/mol. The SMILES string of the molecule is C=CCNCC(=O)c1ccc2c(c1)NCCO2. The minimum atomic E-state index is 0.0713. The van der Waals surface area contributed by atoms with Gasteiger partial charge in [-0.1, -0.05) is 6.08 Å². The number of hydrogen-bond donors (Lipinski definition) is 2. The number of ether oxygens (including phenoxy) is 1. The third-order valence-corrected chi connectivity index (χ3v) is 2.55. The number of hydrogen-bond acceptors (Lipinski definition) is 4. The maximum atomic E-state index is 11.8. The predicted molar refractivity (Wildman–Crippen MR) is 67.8 cm³/mol. The summed E-state index contributed by atoms with van der Waals surface area (Å²) in [5, 5.41) is 6.21. The number of Topliss-reactive ketones (excluding diaryl/α,β-unsaturated/α-hetero) is 1. The van der Waals surface area contributed by atoms with E-state index in [2.05, 4.69) is 17.2 Å². The van der Waals surface area contributed by atoms with Crippen LogP contribution in [0.25, 0.3) is 0 Å². The molecular formula is C13H16N2O2. The number of anilines is 1. The molecule has 4 heteroatoms. The van der Waals surface area contributed by atoms with Gasteiger partial charge in [-0.2, -0.15) is 0 Å². The van der Waals surface area contributed by atoms with Crippen LogP contribution in [-0.4, -0.2) is 32.0 Å². The largest absolute Gasteiger partial charge is 0.490 e. The summed E-state index contributed by atoms with van der Waals surface area (Å²) in [5.41, 5.74) is 1.59. The highest BCUT2D eigenvalue weighted by atomic mass is 16.5. The lowest BCUT2D eigenvalue weighted by Crippen LogP contribution is -2.23. The molecule has 0 radical (unpaired) electrons. The molecular weight excluding hydrogens is 216 g/mol. The number of carbonyl (C=O) groups is 1. The summed E-state index contributed by atoms with van der Waals surface area (Å²) in [4.78, 5) is 11.8. The Labute approximate surface area is 101 Å². The molecule has 1 aliphatic rings. The normalized spacial score (nSPS) is 13.2. The second-order valence-electron chi connectivity index (χ2n) is 3.83. The maximum absolute atomic E-state index is 11.8. The molecule has 2 rings (SSSR count). The van der Waals surface area contributed by atoms with Crippen LogP contribution in [0, 0.1) is 0 Å². The lowest BCUT2D eigenvalue weighted by Gasteiger charge is -2.19. The van der Waals surface area contributed by atoms with Crippen LogP contribution in [0.5, 0.6) is 5.75 Å². The number of benzene rings is 1. The van der Waals surface area contributed by atoms with Crippen molar-refractivity contribution in [2.24, 2.45) is 0 Å². The van der Waals surface area contributed by atoms with Crippen molar-refractivity contribution in [1.82, 2.24) is 5.32 Å². The highest BCUT2D eigenvalue weighted by molar-refractivity contribution is 5.98. The molecule has 0 amide bonds. The van der Waals surface area contributed by atoms with Crippen LogP contribution in [-0.2, 0) is 0 Å². The van der Waals surface area contributed by atoms with Gasteiger partial charge in [-0.25, -0.2) is 0 Å². The van der Waals surface area contributed by atoms with Crippen molar-refractivity contribution < 1.29 is 9.53 Å². The Hall–Kier alpha value is -1.81. The van der Waals surface area contributed by atoms with E-state index in [1.807, 2.05) is 12.1 Å². The number of fused-ring (bicyclic) bond motifs is 1. The van der Waals surface area contributed by atoms with Gasteiger partial charge in [0.05, 0.1) is 12.2 Å². The van der Waals surface area contributed by atoms with Crippen LogP contribution in [0.4, 0.5) is 5.69 Å². The van der Waals surface area contributed by atoms with Crippen molar-refractivity contribution in [3.05, 3.63) is 36.4 Å². The highest BCUT2D eigenvalue weighted by Gasteiger charge is 2.12. The van der Waals surface area contributed by atoms with Gasteiger partial charge >= 0.3 is 0 Å². The summed E-state index contributed by atoms with van der Waals surface area (Å²) in [5.74, 6) is 0.883. The Kier molecular flexibility index (Phi) is 3.77. The van der Waals surface area contributed by atoms with Gasteiger partial charge in [0.2, 0.25) is 0 Å². The van der Waals surface area contributed by atoms with Gasteiger partial charge in [0.1, 0.15) is 12.4 Å². The fraction of sp³-hybridized carbons (Fsp3) is 0.308. The summed E-state index contributed by atoms with van der Waals surface area (Å²) in [6.07, 6.45) is 1.73. The van der Waals surface area contributed by atoms with E-state index in [-0.39, 0.29) is 5.78 Å². The van der Waals surface area contributed by atoms with Gasteiger partial charge < -0.3 is 15.4 Å². The summed E-state index contributed by atoms with van der Waals surface area (Å²) >= 11 is 0. The zero-order chi connectivity index (χ0) is 12.1. The van der Waals surface area contributed by atoms with Gasteiger partial charge in [-0.05, 0) is 18.2 Å². The molecule has 1 heterocycles. The predicted octanol–water partition coefficient (Wildman–Crippen LogP) is 1.45. The van der Waals surface area contributed by atoms with Crippen molar-refractivity contribution >= 4 is 11.5 Å². The van der Waals surface area contributed by atoms with Crippen LogP contribution >= 0.6 is 0 Å². The molecule has 0 saturated heterocycles. The summed E-state index contributed by atoms with van der Waals surface area (Å²) < 4.78 is 5.45. The van der Waals surface area contributed by atoms with Crippen molar-refractivity contribution in [1.29, 1.82) is 0 Å². The molecule has 0 bridgehead atoms. The van der Waals surface area contributed by atoms with Crippen molar-refractivity contribution in [3.63, 3.8) is 0 Å². The summed E-state index contributed by atoms with van der Waals surface area (Å²) in [7, 11) is 0. The first kappa shape index (κ1) is 11.7. The Balaban J connectivity index is 2.05. The van der Waals surface area contributed by atoms with Gasteiger partial charge in [0.15, 0.2) is 5.78 Å². The van der Waals surface area contributed by atoms with Crippen LogP contribution in [0.15, 0.2) is 30.9 Å². The second kappa shape index (κ2) is 5.50. The zero-order valence-electron chi connectivity index (χ0n) is 9.66. The molecule has 1 aromatic carbocycles. The van der Waals surface area contributed by atoms with Gasteiger partial charge in [-0.15, -0.1) is 6.58 Å². The first-order chi connectivity index (χ1) is 8.31. The van der Waals surface area contributed by atoms with E-state index in [1.165, 1.54) is 0 Å². The smallest absolute Gasteiger partial charge is 0.176 e. The quantitative estimate of drug-likeness (QED) is 0.458. The maximum Gasteiger partial charge on any atom is 0.176 e. The lowest BCUT2D eigenvalue weighted by molar-refractivity contribution is 0.0992. The molecule has 1 aliphatic heterocycles. The molecule has 0 aromatic heterocycles. The van der Waals surface area contributed by atoms with E-state index < -0.39 is 0 Å². The van der Waals surface area contributed by atoms with Gasteiger partial charge in [0.25, 0.3) is 0 Å². The first-order valence-electron chi connectivity index (χ1n) is 5.67. The zero-order valence-corrected chi connectivity index (χ0v) is 9.66. The molecule has 0 atom stereocenters. The summed E-state index contributed by atoms with van der Waals surface area (Å²) in [6, 6.07) is 5.47. The standard InChI is InChI=1S/C13H16N2O2/c1-2-5-14-9-12(16)10-3-4-13-11(8-10)15-6-7-17-13/h2-4,8,14-15H,1,5-7,9H2. The van der Waals surface area contributed by atoms with E-state index >= 15 is 0 Å². The van der Waals surface area contributed by atoms with E-state index in [9.17, 15) is 4.79 Å². The molecule has 0 aliphatic carbocycles. The van der Waals surface area contributed by atoms with Crippen LogP contribution in [0.1, 0.15) is 10.4 Å². The Morgan fingerprint density at radius 2 is 2.47 bits per heavy atom. The molecule has 1 aromatic rings. The van der Waals surface area contributed by atoms with E-state index in [0.29, 0.717) is 25.3 Å². The molecule has 90 valence electrons. The van der Waals surface area contributed by atoms with E-state index in [4.69, 9.17) is 4.74 Å². The van der Waals surface area contributed by atoms with E-state index in [0.717, 1.165) is 18.0 Å². The Morgan fingerprint density at radius 1 is 1.59 bits per heavy atom. The molecule has 17 heavy (non-hydrogen) atoms. The fourth-order valence-corrected chi connectivity index (χ4v) is 1.70. The van der Waals surface area contributed by atoms with Crippen molar-refractivity contribution in [2.45, 2.75) is 0 Å². The van der Waals surface area contributed by atoms with Crippen LogP contribution in [0.3, 0.4) is 0 Å². The number of ketones is 1. The van der Waals surface area contributed by atoms with Crippen molar-refractivity contribution in [2.75, 3.05) is 31.6 Å². The average molecular weight is 232 g/mol. The molecule has 0 unspecified atom stereocenters. The lowest BCUT2D eigenvalue weighted by atomic mass is 10.1. The first-order valence-corrected chi connectivity index (χ1v) is 5.67. The minimum absolute atomic E-state index is 0.0713. The fourth-order valence-electron chi connectivity index (χ4n) is 1.70. The summed E-state index contributed by atoms with van der Waals surface area (Å²) in [6.45, 7) is 5.99. The van der Waals surface area contributed by atoms with E-state index in [1.54, 1.807) is 12.1 Å². The Bertz CT molecular complexity index is 429. The van der Waals surface area contributed by atoms with Gasteiger partial charge in [-0.3, -0.25) is 4.79 Å². The molecule has 0 fully saturated rings. The molecule has 2 N–H and O–H groups in total. The third kappa shape index (κ3) is 2.85. The number of nitrogens with one attached hydrogen (secondary N) is 2. The topological polar surface area (TPSA) is 50.4 Å². The molecule has 4 nitrogen and oxygen atoms in total. The second-order valence-corrected chi connectivity index (χ2v) is 3.83. The average Bonchev–Trinajstić information content (AvgIpc) is 2.38.